The number of piperazine rings is 1. The molecule has 2 aliphatic heterocycles. The summed E-state index contributed by atoms with van der Waals surface area (Å²) in [5, 5.41) is 12.2. The first-order valence-electron chi connectivity index (χ1n) is 15.4. The van der Waals surface area contributed by atoms with Crippen LogP contribution in [0.15, 0.2) is 55.2 Å². The van der Waals surface area contributed by atoms with E-state index in [0.717, 1.165) is 24.1 Å². The molecule has 1 aromatic carbocycles. The van der Waals surface area contributed by atoms with Crippen LogP contribution in [0.3, 0.4) is 0 Å². The van der Waals surface area contributed by atoms with Crippen LogP contribution in [-0.2, 0) is 28.9 Å². The van der Waals surface area contributed by atoms with E-state index in [-0.39, 0.29) is 18.5 Å². The standard InChI is InChI=1S/C33H41ClN6O4/c1-32(2,3)44-31(42)40-17-16-38(29-26-10-9-25(34)18-24(26)8-7-23-6-4-12-36-28(23)29)19-27(40)30(41)39-14-5-11-33(43,21-39)20-37-15-13-35-22-37/h4,6,9-10,12-13,15,18,22,27,29,43H,5,7-8,11,14,16-17,19-21H2,1-3H3/t27-,29+,33?/m1/s1. The number of likely N-dealkylation sites (tertiary alicyclic amines) is 1. The maximum Gasteiger partial charge on any atom is 0.411 e. The number of aliphatic hydroxyl groups is 1. The summed E-state index contributed by atoms with van der Waals surface area (Å²) in [6.45, 7) is 7.68. The zero-order valence-electron chi connectivity index (χ0n) is 25.7. The molecule has 1 unspecified atom stereocenters. The predicted molar refractivity (Wildman–Crippen MR) is 166 cm³/mol. The SMILES string of the molecule is CC(C)(C)OC(=O)N1CCN([C@H]2c3ccc(Cl)cc3CCc3cccnc32)C[C@@H]1C(=O)N1CCCC(O)(Cn2ccnc2)C1. The highest BCUT2D eigenvalue weighted by molar-refractivity contribution is 6.30. The Morgan fingerprint density at radius 2 is 1.93 bits per heavy atom. The predicted octanol–water partition coefficient (Wildman–Crippen LogP) is 4.09. The Bertz CT molecular complexity index is 1510. The van der Waals surface area contributed by atoms with Crippen molar-refractivity contribution in [1.29, 1.82) is 0 Å². The normalized spacial score (nSPS) is 24.3. The maximum atomic E-state index is 14.4. The number of fused-ring (bicyclic) bond motifs is 2. The number of aromatic nitrogens is 3. The Balaban J connectivity index is 1.33. The number of piperidine rings is 1. The molecule has 234 valence electrons. The van der Waals surface area contributed by atoms with Gasteiger partial charge in [0.2, 0.25) is 5.91 Å². The van der Waals surface area contributed by atoms with Crippen molar-refractivity contribution in [3.8, 4) is 0 Å². The minimum absolute atomic E-state index is 0.178. The van der Waals surface area contributed by atoms with Crippen LogP contribution in [0.5, 0.6) is 0 Å². The van der Waals surface area contributed by atoms with Gasteiger partial charge in [0.15, 0.2) is 0 Å². The molecule has 11 heteroatoms. The molecule has 3 atom stereocenters. The molecule has 0 radical (unpaired) electrons. The molecule has 1 N–H and O–H groups in total. The number of benzene rings is 1. The first kappa shape index (κ1) is 30.6. The van der Waals surface area contributed by atoms with Crippen LogP contribution in [0, 0.1) is 0 Å². The van der Waals surface area contributed by atoms with Crippen molar-refractivity contribution >= 4 is 23.6 Å². The lowest BCUT2D eigenvalue weighted by Gasteiger charge is -2.47. The van der Waals surface area contributed by atoms with Gasteiger partial charge in [-0.05, 0) is 81.3 Å². The molecule has 2 aromatic heterocycles. The smallest absolute Gasteiger partial charge is 0.411 e. The van der Waals surface area contributed by atoms with Crippen LogP contribution >= 0.6 is 11.6 Å². The molecule has 4 heterocycles. The van der Waals surface area contributed by atoms with E-state index in [1.807, 2.05) is 55.9 Å². The summed E-state index contributed by atoms with van der Waals surface area (Å²) in [6, 6.07) is 9.12. The zero-order valence-corrected chi connectivity index (χ0v) is 26.4. The number of carbonyl (C=O) groups excluding carboxylic acids is 2. The van der Waals surface area contributed by atoms with E-state index in [9.17, 15) is 14.7 Å². The summed E-state index contributed by atoms with van der Waals surface area (Å²) in [7, 11) is 0. The average molecular weight is 621 g/mol. The summed E-state index contributed by atoms with van der Waals surface area (Å²) < 4.78 is 7.63. The number of β-amino-alcohol motifs (C(OH)–C–C–N with tert-alkyl or cyclic N) is 1. The molecular formula is C33H41ClN6O4. The largest absolute Gasteiger partial charge is 0.444 e. The van der Waals surface area contributed by atoms with E-state index in [1.165, 1.54) is 11.1 Å². The van der Waals surface area contributed by atoms with Crippen LogP contribution in [-0.4, -0.2) is 96.3 Å². The Labute approximate surface area is 263 Å². The third-order valence-corrected chi connectivity index (χ3v) is 9.08. The van der Waals surface area contributed by atoms with Gasteiger partial charge in [-0.15, -0.1) is 0 Å². The Hall–Kier alpha value is -3.47. The number of imidazole rings is 1. The highest BCUT2D eigenvalue weighted by Crippen LogP contribution is 2.38. The van der Waals surface area contributed by atoms with Gasteiger partial charge in [0.25, 0.3) is 0 Å². The molecule has 10 nitrogen and oxygen atoms in total. The van der Waals surface area contributed by atoms with Crippen LogP contribution < -0.4 is 0 Å². The summed E-state index contributed by atoms with van der Waals surface area (Å²) in [6.07, 6.45) is 9.40. The zero-order chi connectivity index (χ0) is 31.1. The Morgan fingerprint density at radius 1 is 1.11 bits per heavy atom. The van der Waals surface area contributed by atoms with E-state index in [1.54, 1.807) is 22.3 Å². The lowest BCUT2D eigenvalue weighted by atomic mass is 9.91. The van der Waals surface area contributed by atoms with Gasteiger partial charge in [-0.3, -0.25) is 19.6 Å². The second-order valence-corrected chi connectivity index (χ2v) is 13.7. The van der Waals surface area contributed by atoms with Crippen LogP contribution in [0.2, 0.25) is 5.02 Å². The molecule has 0 spiro atoms. The van der Waals surface area contributed by atoms with Gasteiger partial charge in [0.1, 0.15) is 17.2 Å². The number of hydrogen-bond acceptors (Lipinski definition) is 7. The van der Waals surface area contributed by atoms with Crippen LogP contribution in [0.1, 0.15) is 62.0 Å². The fourth-order valence-electron chi connectivity index (χ4n) is 6.90. The molecule has 3 aliphatic rings. The Morgan fingerprint density at radius 3 is 2.70 bits per heavy atom. The molecule has 2 fully saturated rings. The molecule has 6 rings (SSSR count). The third-order valence-electron chi connectivity index (χ3n) is 8.84. The molecule has 0 saturated carbocycles. The van der Waals surface area contributed by atoms with Crippen LogP contribution in [0.25, 0.3) is 0 Å². The number of aryl methyl sites for hydroxylation is 2. The molecule has 1 aliphatic carbocycles. The number of nitrogens with zero attached hydrogens (tertiary/aromatic N) is 6. The minimum atomic E-state index is -1.10. The number of ether oxygens (including phenoxy) is 1. The van der Waals surface area contributed by atoms with E-state index >= 15 is 0 Å². The highest BCUT2D eigenvalue weighted by Gasteiger charge is 2.45. The molecular weight excluding hydrogens is 580 g/mol. The number of carbonyl (C=O) groups is 2. The van der Waals surface area contributed by atoms with Gasteiger partial charge in [0, 0.05) is 49.8 Å². The number of rotatable bonds is 4. The number of hydrogen-bond donors (Lipinski definition) is 1. The first-order valence-corrected chi connectivity index (χ1v) is 15.8. The van der Waals surface area contributed by atoms with Crippen molar-refractivity contribution in [3.63, 3.8) is 0 Å². The van der Waals surface area contributed by atoms with Gasteiger partial charge in [-0.1, -0.05) is 23.7 Å². The lowest BCUT2D eigenvalue weighted by molar-refractivity contribution is -0.147. The molecule has 2 amide bonds. The van der Waals surface area contributed by atoms with Crippen molar-refractivity contribution in [3.05, 3.63) is 82.7 Å². The van der Waals surface area contributed by atoms with Crippen LogP contribution in [0.4, 0.5) is 4.79 Å². The minimum Gasteiger partial charge on any atom is -0.444 e. The van der Waals surface area contributed by atoms with Crippen molar-refractivity contribution in [1.82, 2.24) is 29.2 Å². The summed E-state index contributed by atoms with van der Waals surface area (Å²) in [5.41, 5.74) is 2.62. The number of amides is 2. The fourth-order valence-corrected chi connectivity index (χ4v) is 7.10. The average Bonchev–Trinajstić information content (AvgIpc) is 3.42. The third kappa shape index (κ3) is 6.48. The quantitative estimate of drug-likeness (QED) is 0.468. The molecule has 3 aromatic rings. The highest BCUT2D eigenvalue weighted by atomic mass is 35.5. The monoisotopic (exact) mass is 620 g/mol. The second kappa shape index (κ2) is 12.1. The lowest BCUT2D eigenvalue weighted by Crippen LogP contribution is -2.64. The first-order chi connectivity index (χ1) is 21.0. The molecule has 0 bridgehead atoms. The van der Waals surface area contributed by atoms with Crippen molar-refractivity contribution in [2.24, 2.45) is 0 Å². The maximum absolute atomic E-state index is 14.4. The molecule has 2 saturated heterocycles. The van der Waals surface area contributed by atoms with Gasteiger partial charge in [-0.2, -0.15) is 0 Å². The Kier molecular flexibility index (Phi) is 8.43. The molecule has 44 heavy (non-hydrogen) atoms. The van der Waals surface area contributed by atoms with Gasteiger partial charge in [-0.25, -0.2) is 9.78 Å². The van der Waals surface area contributed by atoms with Gasteiger partial charge >= 0.3 is 6.09 Å². The topological polar surface area (TPSA) is 104 Å². The fraction of sp³-hybridized carbons (Fsp3) is 0.515. The van der Waals surface area contributed by atoms with E-state index in [4.69, 9.17) is 21.3 Å². The van der Waals surface area contributed by atoms with Crippen molar-refractivity contribution < 1.29 is 19.4 Å². The summed E-state index contributed by atoms with van der Waals surface area (Å²) >= 11 is 6.44. The summed E-state index contributed by atoms with van der Waals surface area (Å²) in [4.78, 5) is 42.5. The second-order valence-electron chi connectivity index (χ2n) is 13.3. The van der Waals surface area contributed by atoms with Gasteiger partial charge < -0.3 is 19.3 Å². The van der Waals surface area contributed by atoms with Crippen molar-refractivity contribution in [2.45, 2.75) is 76.3 Å². The van der Waals surface area contributed by atoms with E-state index < -0.39 is 23.3 Å². The van der Waals surface area contributed by atoms with Gasteiger partial charge in [0.05, 0.1) is 31.2 Å². The number of halogens is 1. The number of pyridine rings is 1. The van der Waals surface area contributed by atoms with E-state index in [2.05, 4.69) is 22.0 Å². The summed E-state index contributed by atoms with van der Waals surface area (Å²) in [5.74, 6) is -0.185. The van der Waals surface area contributed by atoms with E-state index in [0.29, 0.717) is 50.6 Å². The van der Waals surface area contributed by atoms with Crippen molar-refractivity contribution in [2.75, 3.05) is 32.7 Å².